The van der Waals surface area contributed by atoms with E-state index in [1.165, 1.54) is 49.0 Å². The van der Waals surface area contributed by atoms with E-state index < -0.39 is 5.60 Å². The summed E-state index contributed by atoms with van der Waals surface area (Å²) in [7, 11) is 0. The van der Waals surface area contributed by atoms with Crippen LogP contribution in [0.15, 0.2) is 18.2 Å². The second-order valence-electron chi connectivity index (χ2n) is 9.32. The standard InChI is InChI=1S/C24H36N2O2/c1-2-23(27)25-21-8-12-24(28,13-9-21)17-18-6-7-19-10-14-26(22-4-3-5-22)15-11-20(19)16-18/h6-7,16,21-22,28H,2-5,8-15,17H2,1H3,(H,25,27). The first-order valence-corrected chi connectivity index (χ1v) is 11.4. The number of hydrogen-bond donors (Lipinski definition) is 2. The van der Waals surface area contributed by atoms with E-state index in [1.54, 1.807) is 0 Å². The van der Waals surface area contributed by atoms with Crippen LogP contribution in [-0.4, -0.2) is 46.7 Å². The molecule has 2 saturated carbocycles. The molecule has 1 heterocycles. The van der Waals surface area contributed by atoms with Crippen LogP contribution in [0.2, 0.25) is 0 Å². The summed E-state index contributed by atoms with van der Waals surface area (Å²) < 4.78 is 0. The minimum atomic E-state index is -0.621. The Bertz CT molecular complexity index is 690. The Labute approximate surface area is 169 Å². The molecule has 28 heavy (non-hydrogen) atoms. The van der Waals surface area contributed by atoms with Crippen LogP contribution in [0.4, 0.5) is 0 Å². The van der Waals surface area contributed by atoms with Gasteiger partial charge in [-0.25, -0.2) is 0 Å². The largest absolute Gasteiger partial charge is 0.390 e. The molecule has 2 aliphatic carbocycles. The lowest BCUT2D eigenvalue weighted by molar-refractivity contribution is -0.122. The molecule has 1 aliphatic heterocycles. The molecule has 0 spiro atoms. The van der Waals surface area contributed by atoms with E-state index in [9.17, 15) is 9.90 Å². The van der Waals surface area contributed by atoms with Gasteiger partial charge in [0.2, 0.25) is 5.91 Å². The van der Waals surface area contributed by atoms with Crippen LogP contribution in [0.25, 0.3) is 0 Å². The lowest BCUT2D eigenvalue weighted by Crippen LogP contribution is -2.44. The summed E-state index contributed by atoms with van der Waals surface area (Å²) in [5.41, 5.74) is 3.65. The predicted molar refractivity (Wildman–Crippen MR) is 112 cm³/mol. The predicted octanol–water partition coefficient (Wildman–Crippen LogP) is 3.38. The van der Waals surface area contributed by atoms with E-state index in [0.29, 0.717) is 6.42 Å². The molecule has 154 valence electrons. The zero-order valence-corrected chi connectivity index (χ0v) is 17.4. The van der Waals surface area contributed by atoms with Gasteiger partial charge in [-0.3, -0.25) is 9.69 Å². The van der Waals surface area contributed by atoms with Gasteiger partial charge in [0.05, 0.1) is 5.60 Å². The summed E-state index contributed by atoms with van der Waals surface area (Å²) >= 11 is 0. The molecule has 0 aromatic heterocycles. The van der Waals surface area contributed by atoms with Crippen molar-refractivity contribution in [1.82, 2.24) is 10.2 Å². The molecule has 0 atom stereocenters. The van der Waals surface area contributed by atoms with E-state index in [4.69, 9.17) is 0 Å². The highest BCUT2D eigenvalue weighted by molar-refractivity contribution is 5.75. The molecule has 0 unspecified atom stereocenters. The van der Waals surface area contributed by atoms with Gasteiger partial charge in [0.15, 0.2) is 0 Å². The fraction of sp³-hybridized carbons (Fsp3) is 0.708. The summed E-state index contributed by atoms with van der Waals surface area (Å²) in [6.07, 6.45) is 11.0. The molecule has 2 fully saturated rings. The molecule has 4 rings (SSSR count). The fourth-order valence-corrected chi connectivity index (χ4v) is 5.21. The van der Waals surface area contributed by atoms with Gasteiger partial charge in [0.1, 0.15) is 0 Å². The van der Waals surface area contributed by atoms with Crippen LogP contribution in [-0.2, 0) is 24.1 Å². The van der Waals surface area contributed by atoms with Gasteiger partial charge in [-0.05, 0) is 68.1 Å². The summed E-state index contributed by atoms with van der Waals surface area (Å²) in [4.78, 5) is 14.3. The van der Waals surface area contributed by atoms with Crippen LogP contribution < -0.4 is 5.32 Å². The number of hydrogen-bond acceptors (Lipinski definition) is 3. The first-order valence-electron chi connectivity index (χ1n) is 11.4. The second-order valence-corrected chi connectivity index (χ2v) is 9.32. The lowest BCUT2D eigenvalue weighted by atomic mass is 9.78. The fourth-order valence-electron chi connectivity index (χ4n) is 5.21. The van der Waals surface area contributed by atoms with Crippen molar-refractivity contribution in [2.24, 2.45) is 0 Å². The monoisotopic (exact) mass is 384 g/mol. The molecule has 2 N–H and O–H groups in total. The smallest absolute Gasteiger partial charge is 0.219 e. The maximum Gasteiger partial charge on any atom is 0.219 e. The number of carbonyl (C=O) groups excluding carboxylic acids is 1. The number of fused-ring (bicyclic) bond motifs is 1. The third-order valence-corrected chi connectivity index (χ3v) is 7.33. The third kappa shape index (κ3) is 4.60. The van der Waals surface area contributed by atoms with Gasteiger partial charge in [-0.2, -0.15) is 0 Å². The summed E-state index contributed by atoms with van der Waals surface area (Å²) in [6.45, 7) is 4.27. The zero-order valence-electron chi connectivity index (χ0n) is 17.4. The molecule has 1 amide bonds. The van der Waals surface area contributed by atoms with Gasteiger partial charge in [0, 0.05) is 38.0 Å². The molecule has 0 saturated heterocycles. The van der Waals surface area contributed by atoms with Crippen molar-refractivity contribution in [3.05, 3.63) is 34.9 Å². The van der Waals surface area contributed by atoms with E-state index in [0.717, 1.165) is 51.0 Å². The molecule has 4 heteroatoms. The average Bonchev–Trinajstić information content (AvgIpc) is 2.85. The van der Waals surface area contributed by atoms with Crippen LogP contribution in [0, 0.1) is 0 Å². The first kappa shape index (κ1) is 19.9. The highest BCUT2D eigenvalue weighted by Crippen LogP contribution is 2.33. The number of aliphatic hydroxyl groups is 1. The van der Waals surface area contributed by atoms with Gasteiger partial charge < -0.3 is 10.4 Å². The normalized spacial score (nSPS) is 28.9. The highest BCUT2D eigenvalue weighted by Gasteiger charge is 2.34. The summed E-state index contributed by atoms with van der Waals surface area (Å²) in [6, 6.07) is 7.98. The van der Waals surface area contributed by atoms with Crippen LogP contribution in [0.5, 0.6) is 0 Å². The second kappa shape index (κ2) is 8.54. The molecule has 1 aromatic rings. The Kier molecular flexibility index (Phi) is 6.07. The van der Waals surface area contributed by atoms with Crippen molar-refractivity contribution >= 4 is 5.91 Å². The molecular formula is C24H36N2O2. The quantitative estimate of drug-likeness (QED) is 0.818. The molecule has 0 radical (unpaired) electrons. The van der Waals surface area contributed by atoms with E-state index in [1.807, 2.05) is 6.92 Å². The maximum atomic E-state index is 11.6. The van der Waals surface area contributed by atoms with E-state index in [-0.39, 0.29) is 11.9 Å². The third-order valence-electron chi connectivity index (χ3n) is 7.33. The molecule has 1 aromatic carbocycles. The first-order chi connectivity index (χ1) is 13.5. The van der Waals surface area contributed by atoms with Crippen molar-refractivity contribution in [2.75, 3.05) is 13.1 Å². The zero-order chi connectivity index (χ0) is 19.6. The van der Waals surface area contributed by atoms with E-state index in [2.05, 4.69) is 28.4 Å². The van der Waals surface area contributed by atoms with Crippen LogP contribution in [0.3, 0.4) is 0 Å². The maximum absolute atomic E-state index is 11.6. The Hall–Kier alpha value is -1.39. The molecule has 3 aliphatic rings. The number of carbonyl (C=O) groups is 1. The molecule has 4 nitrogen and oxygen atoms in total. The number of amides is 1. The van der Waals surface area contributed by atoms with E-state index >= 15 is 0 Å². The number of benzene rings is 1. The van der Waals surface area contributed by atoms with Crippen molar-refractivity contribution in [1.29, 1.82) is 0 Å². The van der Waals surface area contributed by atoms with Crippen LogP contribution >= 0.6 is 0 Å². The van der Waals surface area contributed by atoms with Gasteiger partial charge >= 0.3 is 0 Å². The van der Waals surface area contributed by atoms with Crippen molar-refractivity contribution < 1.29 is 9.90 Å². The van der Waals surface area contributed by atoms with Crippen LogP contribution in [0.1, 0.15) is 75.0 Å². The number of nitrogens with one attached hydrogen (secondary N) is 1. The van der Waals surface area contributed by atoms with Gasteiger partial charge in [-0.1, -0.05) is 31.5 Å². The van der Waals surface area contributed by atoms with Crippen molar-refractivity contribution in [3.8, 4) is 0 Å². The summed E-state index contributed by atoms with van der Waals surface area (Å²) in [5.74, 6) is 0.122. The van der Waals surface area contributed by atoms with Gasteiger partial charge in [0.25, 0.3) is 0 Å². The van der Waals surface area contributed by atoms with Crippen molar-refractivity contribution in [3.63, 3.8) is 0 Å². The average molecular weight is 385 g/mol. The molecule has 0 bridgehead atoms. The Balaban J connectivity index is 1.34. The Morgan fingerprint density at radius 3 is 2.50 bits per heavy atom. The minimum Gasteiger partial charge on any atom is -0.390 e. The lowest BCUT2D eigenvalue weighted by Gasteiger charge is -2.36. The Morgan fingerprint density at radius 2 is 1.86 bits per heavy atom. The SMILES string of the molecule is CCC(=O)NC1CCC(O)(Cc2ccc3c(c2)CCN(C2CCC2)CC3)CC1. The minimum absolute atomic E-state index is 0.122. The topological polar surface area (TPSA) is 52.6 Å². The van der Waals surface area contributed by atoms with Gasteiger partial charge in [-0.15, -0.1) is 0 Å². The molecular weight excluding hydrogens is 348 g/mol. The number of nitrogens with zero attached hydrogens (tertiary/aromatic N) is 1. The summed E-state index contributed by atoms with van der Waals surface area (Å²) in [5, 5.41) is 14.2. The Morgan fingerprint density at radius 1 is 1.14 bits per heavy atom. The highest BCUT2D eigenvalue weighted by atomic mass is 16.3. The van der Waals surface area contributed by atoms with Crippen molar-refractivity contribution in [2.45, 2.75) is 95.2 Å². The number of rotatable bonds is 5.